The number of carbonyl (C=O) groups is 1. The fraction of sp³-hybridized carbons (Fsp3) is 0.409. The molecule has 2 aliphatic rings. The average molecular weight is 451 g/mol. The van der Waals surface area contributed by atoms with Crippen molar-refractivity contribution in [1.82, 2.24) is 29.0 Å². The van der Waals surface area contributed by atoms with Gasteiger partial charge in [0.15, 0.2) is 11.5 Å². The van der Waals surface area contributed by atoms with E-state index in [-0.39, 0.29) is 18.1 Å². The SMILES string of the molecule is O=C(Cn1c(=O)n2nc(-c3cccnc3)nc2c2c3c(sc21)CCCC3)N1CCOCC1. The first-order chi connectivity index (χ1) is 15.7. The first-order valence-corrected chi connectivity index (χ1v) is 11.7. The zero-order valence-corrected chi connectivity index (χ0v) is 18.3. The van der Waals surface area contributed by atoms with Crippen molar-refractivity contribution in [2.24, 2.45) is 0 Å². The van der Waals surface area contributed by atoms with Crippen molar-refractivity contribution >= 4 is 33.1 Å². The molecule has 1 amide bonds. The largest absolute Gasteiger partial charge is 0.378 e. The van der Waals surface area contributed by atoms with Crippen molar-refractivity contribution in [3.63, 3.8) is 0 Å². The minimum atomic E-state index is -0.338. The number of hydrogen-bond acceptors (Lipinski definition) is 7. The summed E-state index contributed by atoms with van der Waals surface area (Å²) in [6.45, 7) is 2.15. The Morgan fingerprint density at radius 2 is 2.03 bits per heavy atom. The summed E-state index contributed by atoms with van der Waals surface area (Å²) in [5.41, 5.74) is 2.23. The molecule has 1 fully saturated rings. The van der Waals surface area contributed by atoms with Gasteiger partial charge < -0.3 is 9.64 Å². The third-order valence-corrected chi connectivity index (χ3v) is 7.53. The molecule has 4 aromatic rings. The van der Waals surface area contributed by atoms with Crippen LogP contribution in [0.15, 0.2) is 29.3 Å². The number of aromatic nitrogens is 5. The summed E-state index contributed by atoms with van der Waals surface area (Å²) in [7, 11) is 0. The summed E-state index contributed by atoms with van der Waals surface area (Å²) < 4.78 is 8.31. The maximum atomic E-state index is 13.5. The Morgan fingerprint density at radius 3 is 2.84 bits per heavy atom. The molecule has 0 aromatic carbocycles. The van der Waals surface area contributed by atoms with Gasteiger partial charge in [0.1, 0.15) is 11.4 Å². The average Bonchev–Trinajstić information content (AvgIpc) is 3.45. The first-order valence-electron chi connectivity index (χ1n) is 10.9. The summed E-state index contributed by atoms with van der Waals surface area (Å²) in [6.07, 6.45) is 7.58. The molecule has 164 valence electrons. The van der Waals surface area contributed by atoms with Crippen LogP contribution in [0.5, 0.6) is 0 Å². The van der Waals surface area contributed by atoms with Gasteiger partial charge in [-0.05, 0) is 43.4 Å². The maximum absolute atomic E-state index is 13.5. The van der Waals surface area contributed by atoms with Crippen LogP contribution in [0.2, 0.25) is 0 Å². The van der Waals surface area contributed by atoms with Crippen LogP contribution in [-0.2, 0) is 28.9 Å². The van der Waals surface area contributed by atoms with Crippen LogP contribution in [0, 0.1) is 0 Å². The van der Waals surface area contributed by atoms with Crippen molar-refractivity contribution in [3.8, 4) is 11.4 Å². The second-order valence-electron chi connectivity index (χ2n) is 8.17. The molecule has 10 heteroatoms. The molecule has 1 aliphatic heterocycles. The maximum Gasteiger partial charge on any atom is 0.352 e. The van der Waals surface area contributed by atoms with Crippen LogP contribution >= 0.6 is 11.3 Å². The zero-order valence-electron chi connectivity index (χ0n) is 17.5. The number of aryl methyl sites for hydroxylation is 2. The van der Waals surface area contributed by atoms with Gasteiger partial charge in [-0.2, -0.15) is 4.52 Å². The summed E-state index contributed by atoms with van der Waals surface area (Å²) in [4.78, 5) is 39.4. The number of morpholine rings is 1. The standard InChI is InChI=1S/C22H22N6O3S/c29-17(26-8-10-31-11-9-26)13-27-21-18(15-5-1-2-6-16(15)32-21)20-24-19(25-28(20)22(27)30)14-4-3-7-23-12-14/h3-4,7,12H,1-2,5-6,8-11,13H2. The Labute approximate surface area is 187 Å². The summed E-state index contributed by atoms with van der Waals surface area (Å²) >= 11 is 1.62. The second-order valence-corrected chi connectivity index (χ2v) is 9.25. The number of amides is 1. The van der Waals surface area contributed by atoms with Gasteiger partial charge >= 0.3 is 5.69 Å². The number of nitrogens with zero attached hydrogens (tertiary/aromatic N) is 6. The second kappa shape index (κ2) is 7.79. The third-order valence-electron chi connectivity index (χ3n) is 6.22. The molecule has 6 rings (SSSR count). The Morgan fingerprint density at radius 1 is 1.19 bits per heavy atom. The van der Waals surface area contributed by atoms with Crippen LogP contribution in [0.1, 0.15) is 23.3 Å². The third kappa shape index (κ3) is 3.13. The Bertz CT molecular complexity index is 1380. The molecule has 0 atom stereocenters. The molecular formula is C22H22N6O3S. The van der Waals surface area contributed by atoms with E-state index in [1.54, 1.807) is 33.2 Å². The lowest BCUT2D eigenvalue weighted by Gasteiger charge is -2.27. The van der Waals surface area contributed by atoms with E-state index in [4.69, 9.17) is 9.72 Å². The monoisotopic (exact) mass is 450 g/mol. The number of carbonyl (C=O) groups excluding carboxylic acids is 1. The minimum Gasteiger partial charge on any atom is -0.378 e. The van der Waals surface area contributed by atoms with E-state index < -0.39 is 0 Å². The summed E-state index contributed by atoms with van der Waals surface area (Å²) in [6, 6.07) is 3.70. The van der Waals surface area contributed by atoms with E-state index in [0.717, 1.165) is 41.5 Å². The van der Waals surface area contributed by atoms with Gasteiger partial charge in [0.2, 0.25) is 5.91 Å². The molecule has 4 aromatic heterocycles. The molecule has 0 unspecified atom stereocenters. The van der Waals surface area contributed by atoms with E-state index in [1.807, 2.05) is 12.1 Å². The molecule has 1 aliphatic carbocycles. The molecule has 0 radical (unpaired) electrons. The molecule has 0 saturated carbocycles. The van der Waals surface area contributed by atoms with Crippen LogP contribution in [0.25, 0.3) is 27.3 Å². The van der Waals surface area contributed by atoms with Crippen molar-refractivity contribution < 1.29 is 9.53 Å². The minimum absolute atomic E-state index is 0.00719. The van der Waals surface area contributed by atoms with E-state index in [1.165, 1.54) is 15.0 Å². The number of thiophene rings is 1. The highest BCUT2D eigenvalue weighted by Gasteiger charge is 2.26. The highest BCUT2D eigenvalue weighted by atomic mass is 32.1. The lowest BCUT2D eigenvalue weighted by Crippen LogP contribution is -2.44. The molecular weight excluding hydrogens is 428 g/mol. The van der Waals surface area contributed by atoms with Gasteiger partial charge in [-0.1, -0.05) is 0 Å². The smallest absolute Gasteiger partial charge is 0.352 e. The molecule has 0 bridgehead atoms. The van der Waals surface area contributed by atoms with E-state index in [9.17, 15) is 9.59 Å². The Kier molecular flexibility index (Phi) is 4.76. The van der Waals surface area contributed by atoms with Crippen LogP contribution in [0.3, 0.4) is 0 Å². The Balaban J connectivity index is 1.56. The molecule has 32 heavy (non-hydrogen) atoms. The van der Waals surface area contributed by atoms with Gasteiger partial charge in [0.25, 0.3) is 0 Å². The highest BCUT2D eigenvalue weighted by Crippen LogP contribution is 2.37. The quantitative estimate of drug-likeness (QED) is 0.473. The number of fused-ring (bicyclic) bond motifs is 5. The van der Waals surface area contributed by atoms with Gasteiger partial charge in [0.05, 0.1) is 18.6 Å². The van der Waals surface area contributed by atoms with Gasteiger partial charge in [-0.3, -0.25) is 14.3 Å². The fourth-order valence-electron chi connectivity index (χ4n) is 4.59. The molecule has 1 saturated heterocycles. The molecule has 9 nitrogen and oxygen atoms in total. The predicted molar refractivity (Wildman–Crippen MR) is 120 cm³/mol. The number of rotatable bonds is 3. The van der Waals surface area contributed by atoms with E-state index in [0.29, 0.717) is 37.8 Å². The van der Waals surface area contributed by atoms with Gasteiger partial charge in [0, 0.05) is 35.9 Å². The number of pyridine rings is 1. The van der Waals surface area contributed by atoms with Crippen molar-refractivity contribution in [1.29, 1.82) is 0 Å². The molecule has 0 spiro atoms. The number of ether oxygens (including phenoxy) is 1. The summed E-state index contributed by atoms with van der Waals surface area (Å²) in [5, 5.41) is 5.49. The number of hydrogen-bond donors (Lipinski definition) is 0. The predicted octanol–water partition coefficient (Wildman–Crippen LogP) is 1.91. The van der Waals surface area contributed by atoms with Crippen molar-refractivity contribution in [2.75, 3.05) is 26.3 Å². The fourth-order valence-corrected chi connectivity index (χ4v) is 5.96. The van der Waals surface area contributed by atoms with Crippen molar-refractivity contribution in [2.45, 2.75) is 32.2 Å². The van der Waals surface area contributed by atoms with Crippen LogP contribution < -0.4 is 5.69 Å². The lowest BCUT2D eigenvalue weighted by molar-refractivity contribution is -0.135. The van der Waals surface area contributed by atoms with Crippen molar-refractivity contribution in [3.05, 3.63) is 45.5 Å². The van der Waals surface area contributed by atoms with Gasteiger partial charge in [-0.25, -0.2) is 9.78 Å². The summed E-state index contributed by atoms with van der Waals surface area (Å²) in [5.74, 6) is 0.388. The molecule has 5 heterocycles. The van der Waals surface area contributed by atoms with Crippen LogP contribution in [0.4, 0.5) is 0 Å². The van der Waals surface area contributed by atoms with E-state index >= 15 is 0 Å². The van der Waals surface area contributed by atoms with Gasteiger partial charge in [-0.15, -0.1) is 16.4 Å². The normalized spacial score (nSPS) is 16.6. The van der Waals surface area contributed by atoms with Crippen LogP contribution in [-0.4, -0.2) is 61.3 Å². The Hall–Kier alpha value is -3.11. The highest BCUT2D eigenvalue weighted by molar-refractivity contribution is 7.19. The zero-order chi connectivity index (χ0) is 21.7. The topological polar surface area (TPSA) is 94.6 Å². The lowest BCUT2D eigenvalue weighted by atomic mass is 9.97. The van der Waals surface area contributed by atoms with E-state index in [2.05, 4.69) is 10.1 Å². The first kappa shape index (κ1) is 19.6. The molecule has 0 N–H and O–H groups in total.